The van der Waals surface area contributed by atoms with Crippen molar-refractivity contribution in [1.82, 2.24) is 9.73 Å². The highest BCUT2D eigenvalue weighted by molar-refractivity contribution is 7.89. The SMILES string of the molecule is O=C(N/N=C\c1ccc(OCc2ccccc2)cc1)C1CCN(S(=O)(=O)c2ccc(F)cc2)CC1. The Morgan fingerprint density at radius 1 is 1.00 bits per heavy atom. The van der Waals surface area contributed by atoms with Crippen LogP contribution in [0.4, 0.5) is 4.39 Å². The van der Waals surface area contributed by atoms with Crippen LogP contribution in [0.2, 0.25) is 0 Å². The highest BCUT2D eigenvalue weighted by Crippen LogP contribution is 2.24. The minimum atomic E-state index is -3.71. The van der Waals surface area contributed by atoms with E-state index in [0.717, 1.165) is 29.0 Å². The largest absolute Gasteiger partial charge is 0.489 e. The number of nitrogens with zero attached hydrogens (tertiary/aromatic N) is 2. The van der Waals surface area contributed by atoms with E-state index in [1.54, 1.807) is 6.21 Å². The molecule has 0 unspecified atom stereocenters. The first-order valence-electron chi connectivity index (χ1n) is 11.3. The Bertz CT molecular complexity index is 1260. The first-order valence-corrected chi connectivity index (χ1v) is 12.7. The number of piperidine rings is 1. The molecule has 3 aromatic carbocycles. The van der Waals surface area contributed by atoms with Crippen LogP contribution in [0.25, 0.3) is 0 Å². The van der Waals surface area contributed by atoms with Crippen molar-refractivity contribution in [2.24, 2.45) is 11.0 Å². The van der Waals surface area contributed by atoms with E-state index in [-0.39, 0.29) is 29.8 Å². The molecule has 3 aromatic rings. The molecule has 0 aromatic heterocycles. The molecule has 0 bridgehead atoms. The van der Waals surface area contributed by atoms with Gasteiger partial charge in [-0.2, -0.15) is 9.41 Å². The number of hydrazone groups is 1. The second-order valence-electron chi connectivity index (χ2n) is 8.21. The van der Waals surface area contributed by atoms with Gasteiger partial charge >= 0.3 is 0 Å². The van der Waals surface area contributed by atoms with Gasteiger partial charge in [-0.3, -0.25) is 4.79 Å². The molecule has 0 spiro atoms. The Hall–Kier alpha value is -3.56. The maximum absolute atomic E-state index is 13.1. The predicted molar refractivity (Wildman–Crippen MR) is 131 cm³/mol. The average molecular weight is 496 g/mol. The third kappa shape index (κ3) is 6.52. The zero-order valence-corrected chi connectivity index (χ0v) is 19.8. The number of rotatable bonds is 8. The van der Waals surface area contributed by atoms with Crippen molar-refractivity contribution in [1.29, 1.82) is 0 Å². The maximum Gasteiger partial charge on any atom is 0.243 e. The summed E-state index contributed by atoms with van der Waals surface area (Å²) in [5.41, 5.74) is 4.43. The fourth-order valence-corrected chi connectivity index (χ4v) is 5.24. The molecular formula is C26H26FN3O4S. The number of halogens is 1. The third-order valence-corrected chi connectivity index (χ3v) is 7.71. The van der Waals surface area contributed by atoms with Gasteiger partial charge < -0.3 is 4.74 Å². The van der Waals surface area contributed by atoms with E-state index in [1.807, 2.05) is 54.6 Å². The van der Waals surface area contributed by atoms with Crippen molar-refractivity contribution in [3.05, 3.63) is 95.8 Å². The molecule has 0 aliphatic carbocycles. The number of hydrogen-bond donors (Lipinski definition) is 1. The number of benzene rings is 3. The number of carbonyl (C=O) groups excluding carboxylic acids is 1. The molecule has 1 fully saturated rings. The lowest BCUT2D eigenvalue weighted by molar-refractivity contribution is -0.126. The van der Waals surface area contributed by atoms with E-state index < -0.39 is 15.8 Å². The summed E-state index contributed by atoms with van der Waals surface area (Å²) < 4.78 is 45.6. The van der Waals surface area contributed by atoms with Gasteiger partial charge in [0.15, 0.2) is 0 Å². The van der Waals surface area contributed by atoms with E-state index in [0.29, 0.717) is 19.4 Å². The van der Waals surface area contributed by atoms with Crippen molar-refractivity contribution in [2.45, 2.75) is 24.3 Å². The molecule has 1 aliphatic rings. The number of ether oxygens (including phenoxy) is 1. The Kier molecular flexibility index (Phi) is 7.89. The summed E-state index contributed by atoms with van der Waals surface area (Å²) >= 11 is 0. The summed E-state index contributed by atoms with van der Waals surface area (Å²) in [6, 6.07) is 22.0. The van der Waals surface area contributed by atoms with Crippen molar-refractivity contribution in [3.8, 4) is 5.75 Å². The highest BCUT2D eigenvalue weighted by atomic mass is 32.2. The van der Waals surface area contributed by atoms with E-state index in [2.05, 4.69) is 10.5 Å². The average Bonchev–Trinajstić information content (AvgIpc) is 2.89. The molecule has 1 saturated heterocycles. The third-order valence-electron chi connectivity index (χ3n) is 5.79. The summed E-state index contributed by atoms with van der Waals surface area (Å²) in [6.07, 6.45) is 2.32. The molecule has 4 rings (SSSR count). The highest BCUT2D eigenvalue weighted by Gasteiger charge is 2.32. The molecule has 0 saturated carbocycles. The van der Waals surface area contributed by atoms with Gasteiger partial charge in [0.25, 0.3) is 0 Å². The van der Waals surface area contributed by atoms with Gasteiger partial charge in [0.2, 0.25) is 15.9 Å². The van der Waals surface area contributed by atoms with Crippen LogP contribution >= 0.6 is 0 Å². The first-order chi connectivity index (χ1) is 16.9. The van der Waals surface area contributed by atoms with Crippen LogP contribution < -0.4 is 10.2 Å². The van der Waals surface area contributed by atoms with Crippen LogP contribution in [-0.2, 0) is 21.4 Å². The summed E-state index contributed by atoms with van der Waals surface area (Å²) in [5.74, 6) is -0.340. The van der Waals surface area contributed by atoms with Crippen molar-refractivity contribution < 1.29 is 22.3 Å². The fraction of sp³-hybridized carbons (Fsp3) is 0.231. The van der Waals surface area contributed by atoms with E-state index >= 15 is 0 Å². The molecule has 9 heteroatoms. The number of amides is 1. The van der Waals surface area contributed by atoms with Gasteiger partial charge in [0.1, 0.15) is 18.2 Å². The molecule has 182 valence electrons. The molecule has 1 amide bonds. The van der Waals surface area contributed by atoms with Gasteiger partial charge in [0.05, 0.1) is 11.1 Å². The Morgan fingerprint density at radius 2 is 1.66 bits per heavy atom. The second-order valence-corrected chi connectivity index (χ2v) is 10.1. The zero-order valence-electron chi connectivity index (χ0n) is 19.0. The summed E-state index contributed by atoms with van der Waals surface area (Å²) in [4.78, 5) is 12.5. The van der Waals surface area contributed by atoms with Gasteiger partial charge in [-0.15, -0.1) is 0 Å². The van der Waals surface area contributed by atoms with Crippen molar-refractivity contribution in [3.63, 3.8) is 0 Å². The Balaban J connectivity index is 1.23. The lowest BCUT2D eigenvalue weighted by Gasteiger charge is -2.30. The quantitative estimate of drug-likeness (QED) is 0.379. The molecule has 1 heterocycles. The van der Waals surface area contributed by atoms with Crippen LogP contribution in [0.1, 0.15) is 24.0 Å². The van der Waals surface area contributed by atoms with Crippen molar-refractivity contribution >= 4 is 22.1 Å². The fourth-order valence-electron chi connectivity index (χ4n) is 3.77. The molecule has 1 N–H and O–H groups in total. The van der Waals surface area contributed by atoms with Gasteiger partial charge in [-0.05, 0) is 72.5 Å². The van der Waals surface area contributed by atoms with Gasteiger partial charge in [-0.1, -0.05) is 30.3 Å². The van der Waals surface area contributed by atoms with Crippen LogP contribution in [0, 0.1) is 11.7 Å². The maximum atomic E-state index is 13.1. The second kappa shape index (κ2) is 11.2. The molecule has 35 heavy (non-hydrogen) atoms. The summed E-state index contributed by atoms with van der Waals surface area (Å²) in [6.45, 7) is 0.909. The molecule has 7 nitrogen and oxygen atoms in total. The summed E-state index contributed by atoms with van der Waals surface area (Å²) in [5, 5.41) is 4.03. The van der Waals surface area contributed by atoms with Crippen LogP contribution in [0.3, 0.4) is 0 Å². The van der Waals surface area contributed by atoms with Crippen molar-refractivity contribution in [2.75, 3.05) is 13.1 Å². The zero-order chi connectivity index (χ0) is 24.7. The van der Waals surface area contributed by atoms with Crippen LogP contribution in [0.15, 0.2) is 88.9 Å². The van der Waals surface area contributed by atoms with E-state index in [4.69, 9.17) is 4.74 Å². The standard InChI is InChI=1S/C26H26FN3O4S/c27-23-8-12-25(13-9-23)35(32,33)30-16-14-22(15-17-30)26(31)29-28-18-20-6-10-24(11-7-20)34-19-21-4-2-1-3-5-21/h1-13,18,22H,14-17,19H2,(H,29,31)/b28-18-. The van der Waals surface area contributed by atoms with Crippen LogP contribution in [-0.4, -0.2) is 37.9 Å². The molecule has 0 atom stereocenters. The topological polar surface area (TPSA) is 88.1 Å². The monoisotopic (exact) mass is 495 g/mol. The molecule has 0 radical (unpaired) electrons. The number of sulfonamides is 1. The Labute approximate surface area is 204 Å². The summed E-state index contributed by atoms with van der Waals surface area (Å²) in [7, 11) is -3.71. The minimum Gasteiger partial charge on any atom is -0.489 e. The smallest absolute Gasteiger partial charge is 0.243 e. The lowest BCUT2D eigenvalue weighted by atomic mass is 9.98. The van der Waals surface area contributed by atoms with Gasteiger partial charge in [-0.25, -0.2) is 18.2 Å². The normalized spacial score (nSPS) is 15.2. The van der Waals surface area contributed by atoms with E-state index in [1.165, 1.54) is 16.4 Å². The molecular weight excluding hydrogens is 469 g/mol. The predicted octanol–water partition coefficient (Wildman–Crippen LogP) is 3.96. The Morgan fingerprint density at radius 3 is 2.31 bits per heavy atom. The van der Waals surface area contributed by atoms with Gasteiger partial charge in [0, 0.05) is 19.0 Å². The number of carbonyl (C=O) groups is 1. The van der Waals surface area contributed by atoms with E-state index in [9.17, 15) is 17.6 Å². The molecule has 1 aliphatic heterocycles. The minimum absolute atomic E-state index is 0.0443. The van der Waals surface area contributed by atoms with Crippen LogP contribution in [0.5, 0.6) is 5.75 Å². The number of hydrogen-bond acceptors (Lipinski definition) is 5. The lowest BCUT2D eigenvalue weighted by Crippen LogP contribution is -2.42. The number of nitrogens with one attached hydrogen (secondary N) is 1. The first kappa shape index (κ1) is 24.6.